The highest BCUT2D eigenvalue weighted by atomic mass is 79.9. The molecule has 0 aliphatic rings. The summed E-state index contributed by atoms with van der Waals surface area (Å²) in [5.41, 5.74) is 3.20. The van der Waals surface area contributed by atoms with Gasteiger partial charge in [-0.1, -0.05) is 33.2 Å². The van der Waals surface area contributed by atoms with Gasteiger partial charge in [-0.2, -0.15) is 0 Å². The molecule has 3 nitrogen and oxygen atoms in total. The van der Waals surface area contributed by atoms with Gasteiger partial charge in [0.1, 0.15) is 6.26 Å². The van der Waals surface area contributed by atoms with Gasteiger partial charge >= 0.3 is 0 Å². The lowest BCUT2D eigenvalue weighted by Gasteiger charge is -2.01. The smallest absolute Gasteiger partial charge is 0.131 e. The number of hydrogen-bond donors (Lipinski definition) is 1. The number of likely N-dealkylation sites (N-methyl/N-ethyl adjacent to an activating group) is 1. The molecule has 0 radical (unpaired) electrons. The SMILES string of the molecule is CNCCc1nocc1-c1ccc(Br)cc1. The monoisotopic (exact) mass is 280 g/mol. The topological polar surface area (TPSA) is 38.1 Å². The Morgan fingerprint density at radius 2 is 2.06 bits per heavy atom. The zero-order valence-corrected chi connectivity index (χ0v) is 10.6. The minimum Gasteiger partial charge on any atom is -0.364 e. The lowest BCUT2D eigenvalue weighted by atomic mass is 10.1. The van der Waals surface area contributed by atoms with Crippen molar-refractivity contribution in [2.75, 3.05) is 13.6 Å². The molecule has 0 aliphatic carbocycles. The molecule has 2 aromatic rings. The van der Waals surface area contributed by atoms with E-state index in [0.717, 1.165) is 34.3 Å². The summed E-state index contributed by atoms with van der Waals surface area (Å²) < 4.78 is 6.11. The molecule has 16 heavy (non-hydrogen) atoms. The Balaban J connectivity index is 2.26. The van der Waals surface area contributed by atoms with Gasteiger partial charge in [0.15, 0.2) is 0 Å². The average Bonchev–Trinajstić information content (AvgIpc) is 2.75. The van der Waals surface area contributed by atoms with Crippen molar-refractivity contribution in [3.8, 4) is 11.1 Å². The van der Waals surface area contributed by atoms with Gasteiger partial charge in [0, 0.05) is 23.0 Å². The molecular formula is C12H13BrN2O. The van der Waals surface area contributed by atoms with Crippen molar-refractivity contribution in [2.24, 2.45) is 0 Å². The van der Waals surface area contributed by atoms with Crippen molar-refractivity contribution in [1.29, 1.82) is 0 Å². The van der Waals surface area contributed by atoms with Crippen LogP contribution in [0.15, 0.2) is 39.5 Å². The first kappa shape index (κ1) is 11.4. The minimum absolute atomic E-state index is 0.873. The van der Waals surface area contributed by atoms with Crippen LogP contribution in [0.2, 0.25) is 0 Å². The van der Waals surface area contributed by atoms with Crippen LogP contribution in [-0.2, 0) is 6.42 Å². The number of halogens is 1. The Bertz CT molecular complexity index is 450. The number of aromatic nitrogens is 1. The van der Waals surface area contributed by atoms with E-state index in [1.165, 1.54) is 0 Å². The molecule has 84 valence electrons. The van der Waals surface area contributed by atoms with Crippen LogP contribution in [0.3, 0.4) is 0 Å². The molecule has 0 saturated heterocycles. The predicted octanol–water partition coefficient (Wildman–Crippen LogP) is 2.87. The number of hydrogen-bond acceptors (Lipinski definition) is 3. The highest BCUT2D eigenvalue weighted by Crippen LogP contribution is 2.24. The van der Waals surface area contributed by atoms with E-state index in [4.69, 9.17) is 4.52 Å². The highest BCUT2D eigenvalue weighted by Gasteiger charge is 2.09. The number of nitrogens with zero attached hydrogens (tertiary/aromatic N) is 1. The Labute approximate surface area is 103 Å². The van der Waals surface area contributed by atoms with Gasteiger partial charge in [-0.15, -0.1) is 0 Å². The van der Waals surface area contributed by atoms with E-state index in [2.05, 4.69) is 38.5 Å². The summed E-state index contributed by atoms with van der Waals surface area (Å²) in [5, 5.41) is 7.13. The van der Waals surface area contributed by atoms with E-state index in [1.54, 1.807) is 6.26 Å². The largest absolute Gasteiger partial charge is 0.364 e. The third-order valence-corrected chi connectivity index (χ3v) is 2.94. The van der Waals surface area contributed by atoms with Gasteiger partial charge in [-0.25, -0.2) is 0 Å². The molecule has 0 spiro atoms. The molecule has 1 heterocycles. The number of nitrogens with one attached hydrogen (secondary N) is 1. The first-order valence-corrected chi connectivity index (χ1v) is 5.94. The van der Waals surface area contributed by atoms with Gasteiger partial charge in [-0.05, 0) is 24.7 Å². The van der Waals surface area contributed by atoms with E-state index >= 15 is 0 Å². The molecule has 0 atom stereocenters. The van der Waals surface area contributed by atoms with Crippen LogP contribution >= 0.6 is 15.9 Å². The molecule has 1 N–H and O–H groups in total. The Morgan fingerprint density at radius 1 is 1.31 bits per heavy atom. The van der Waals surface area contributed by atoms with Crippen LogP contribution < -0.4 is 5.32 Å². The van der Waals surface area contributed by atoms with Gasteiger partial charge in [0.05, 0.1) is 5.69 Å². The molecule has 1 aromatic heterocycles. The maximum atomic E-state index is 5.04. The van der Waals surface area contributed by atoms with Crippen LogP contribution in [0.1, 0.15) is 5.69 Å². The molecule has 2 rings (SSSR count). The summed E-state index contributed by atoms with van der Waals surface area (Å²) >= 11 is 3.42. The molecule has 0 unspecified atom stereocenters. The number of benzene rings is 1. The van der Waals surface area contributed by atoms with Gasteiger partial charge in [-0.3, -0.25) is 0 Å². The Hall–Kier alpha value is -1.13. The second-order valence-electron chi connectivity index (χ2n) is 3.54. The molecule has 0 amide bonds. The number of rotatable bonds is 4. The van der Waals surface area contributed by atoms with Crippen LogP contribution in [0.5, 0.6) is 0 Å². The van der Waals surface area contributed by atoms with E-state index in [0.29, 0.717) is 0 Å². The summed E-state index contributed by atoms with van der Waals surface area (Å²) in [5.74, 6) is 0. The normalized spacial score (nSPS) is 10.6. The first-order chi connectivity index (χ1) is 7.81. The lowest BCUT2D eigenvalue weighted by molar-refractivity contribution is 0.411. The Kier molecular flexibility index (Phi) is 3.74. The third-order valence-electron chi connectivity index (χ3n) is 2.41. The summed E-state index contributed by atoms with van der Waals surface area (Å²) in [6.07, 6.45) is 2.58. The minimum atomic E-state index is 0.873. The fraction of sp³-hybridized carbons (Fsp3) is 0.250. The van der Waals surface area contributed by atoms with Gasteiger partial charge in [0.25, 0.3) is 0 Å². The van der Waals surface area contributed by atoms with E-state index in [1.807, 2.05) is 19.2 Å². The van der Waals surface area contributed by atoms with E-state index in [-0.39, 0.29) is 0 Å². The van der Waals surface area contributed by atoms with E-state index in [9.17, 15) is 0 Å². The van der Waals surface area contributed by atoms with Gasteiger partial charge < -0.3 is 9.84 Å². The molecule has 1 aromatic carbocycles. The fourth-order valence-corrected chi connectivity index (χ4v) is 1.81. The molecule has 0 aliphatic heterocycles. The molecule has 0 fully saturated rings. The zero-order chi connectivity index (χ0) is 11.4. The second-order valence-corrected chi connectivity index (χ2v) is 4.45. The maximum absolute atomic E-state index is 5.04. The second kappa shape index (κ2) is 5.27. The first-order valence-electron chi connectivity index (χ1n) is 5.15. The molecule has 0 bridgehead atoms. The van der Waals surface area contributed by atoms with Crippen molar-refractivity contribution in [3.05, 3.63) is 40.7 Å². The summed E-state index contributed by atoms with van der Waals surface area (Å²) in [6.45, 7) is 0.899. The fourth-order valence-electron chi connectivity index (χ4n) is 1.55. The van der Waals surface area contributed by atoms with E-state index < -0.39 is 0 Å². The van der Waals surface area contributed by atoms with Crippen molar-refractivity contribution < 1.29 is 4.52 Å². The third kappa shape index (κ3) is 2.51. The van der Waals surface area contributed by atoms with Crippen LogP contribution in [0.4, 0.5) is 0 Å². The molecule has 4 heteroatoms. The maximum Gasteiger partial charge on any atom is 0.131 e. The van der Waals surface area contributed by atoms with Gasteiger partial charge in [0.2, 0.25) is 0 Å². The van der Waals surface area contributed by atoms with Crippen molar-refractivity contribution in [1.82, 2.24) is 10.5 Å². The summed E-state index contributed by atoms with van der Waals surface area (Å²) in [4.78, 5) is 0. The lowest BCUT2D eigenvalue weighted by Crippen LogP contribution is -2.10. The molecule has 0 saturated carbocycles. The van der Waals surface area contributed by atoms with Crippen molar-refractivity contribution in [2.45, 2.75) is 6.42 Å². The zero-order valence-electron chi connectivity index (χ0n) is 9.03. The van der Waals surface area contributed by atoms with Crippen molar-refractivity contribution in [3.63, 3.8) is 0 Å². The summed E-state index contributed by atoms with van der Waals surface area (Å²) in [7, 11) is 1.93. The quantitative estimate of drug-likeness (QED) is 0.936. The standard InChI is InChI=1S/C12H13BrN2O/c1-14-7-6-12-11(8-16-15-12)9-2-4-10(13)5-3-9/h2-5,8,14H,6-7H2,1H3. The average molecular weight is 281 g/mol. The summed E-state index contributed by atoms with van der Waals surface area (Å²) in [6, 6.07) is 8.15. The predicted molar refractivity (Wildman–Crippen MR) is 67.3 cm³/mol. The van der Waals surface area contributed by atoms with Crippen LogP contribution in [0, 0.1) is 0 Å². The van der Waals surface area contributed by atoms with Crippen molar-refractivity contribution >= 4 is 15.9 Å². The van der Waals surface area contributed by atoms with Crippen LogP contribution in [-0.4, -0.2) is 18.7 Å². The molecular weight excluding hydrogens is 268 g/mol. The van der Waals surface area contributed by atoms with Crippen LogP contribution in [0.25, 0.3) is 11.1 Å². The Morgan fingerprint density at radius 3 is 2.75 bits per heavy atom. The highest BCUT2D eigenvalue weighted by molar-refractivity contribution is 9.10.